The number of rotatable bonds is 7. The Labute approximate surface area is 129 Å². The second-order valence-corrected chi connectivity index (χ2v) is 7.17. The van der Waals surface area contributed by atoms with Crippen molar-refractivity contribution < 1.29 is 9.90 Å². The molecule has 0 bridgehead atoms. The number of fused-ring (bicyclic) bond motifs is 1. The normalized spacial score (nSPS) is 29.6. The fourth-order valence-electron chi connectivity index (χ4n) is 4.20. The first kappa shape index (κ1) is 16.8. The van der Waals surface area contributed by atoms with Crippen molar-refractivity contribution in [2.45, 2.75) is 64.3 Å². The van der Waals surface area contributed by atoms with Crippen LogP contribution in [0.3, 0.4) is 0 Å². The van der Waals surface area contributed by atoms with Crippen LogP contribution in [0.1, 0.15) is 58.8 Å². The van der Waals surface area contributed by atoms with Gasteiger partial charge in [-0.05, 0) is 64.1 Å². The molecule has 2 rings (SSSR count). The largest absolute Gasteiger partial charge is 0.480 e. The van der Waals surface area contributed by atoms with E-state index in [2.05, 4.69) is 10.2 Å². The first-order chi connectivity index (χ1) is 10.0. The Morgan fingerprint density at radius 1 is 1.29 bits per heavy atom. The third-order valence-corrected chi connectivity index (χ3v) is 5.57. The van der Waals surface area contributed by atoms with Gasteiger partial charge in [-0.15, -0.1) is 0 Å². The summed E-state index contributed by atoms with van der Waals surface area (Å²) < 4.78 is 0. The molecule has 0 aromatic carbocycles. The van der Waals surface area contributed by atoms with Gasteiger partial charge in [-0.25, -0.2) is 0 Å². The van der Waals surface area contributed by atoms with Crippen molar-refractivity contribution in [3.05, 3.63) is 0 Å². The van der Waals surface area contributed by atoms with Gasteiger partial charge < -0.3 is 15.3 Å². The van der Waals surface area contributed by atoms with E-state index in [0.29, 0.717) is 13.0 Å². The van der Waals surface area contributed by atoms with Crippen molar-refractivity contribution in [1.29, 1.82) is 0 Å². The lowest BCUT2D eigenvalue weighted by molar-refractivity contribution is -0.144. The molecular formula is C17H32N2O2. The number of carboxylic acids is 1. The number of hydrogen-bond acceptors (Lipinski definition) is 3. The number of hydrogen-bond donors (Lipinski definition) is 2. The lowest BCUT2D eigenvalue weighted by atomic mass is 9.75. The van der Waals surface area contributed by atoms with Gasteiger partial charge in [0.2, 0.25) is 0 Å². The Kier molecular flexibility index (Phi) is 6.06. The maximum atomic E-state index is 11.4. The molecule has 3 atom stereocenters. The lowest BCUT2D eigenvalue weighted by Crippen LogP contribution is -2.50. The zero-order valence-corrected chi connectivity index (χ0v) is 13.7. The SMILES string of the molecule is CCNC(C)(CCCN1CCC2CCCCC2C1)C(=O)O. The van der Waals surface area contributed by atoms with Gasteiger partial charge >= 0.3 is 5.97 Å². The third kappa shape index (κ3) is 4.43. The molecule has 1 saturated carbocycles. The Balaban J connectivity index is 1.74. The molecule has 3 unspecified atom stereocenters. The van der Waals surface area contributed by atoms with E-state index in [-0.39, 0.29) is 0 Å². The molecule has 2 N–H and O–H groups in total. The Hall–Kier alpha value is -0.610. The molecule has 4 heteroatoms. The van der Waals surface area contributed by atoms with E-state index in [1.807, 2.05) is 13.8 Å². The lowest BCUT2D eigenvalue weighted by Gasteiger charge is -2.41. The quantitative estimate of drug-likeness (QED) is 0.758. The van der Waals surface area contributed by atoms with Crippen LogP contribution >= 0.6 is 0 Å². The van der Waals surface area contributed by atoms with Crippen LogP contribution in [0.4, 0.5) is 0 Å². The fraction of sp³-hybridized carbons (Fsp3) is 0.941. The van der Waals surface area contributed by atoms with Crippen molar-refractivity contribution in [3.8, 4) is 0 Å². The van der Waals surface area contributed by atoms with Gasteiger partial charge in [0.1, 0.15) is 5.54 Å². The fourth-order valence-corrected chi connectivity index (χ4v) is 4.20. The molecule has 0 radical (unpaired) electrons. The monoisotopic (exact) mass is 296 g/mol. The highest BCUT2D eigenvalue weighted by molar-refractivity contribution is 5.78. The summed E-state index contributed by atoms with van der Waals surface area (Å²) >= 11 is 0. The topological polar surface area (TPSA) is 52.6 Å². The molecule has 0 aromatic heterocycles. The first-order valence-electron chi connectivity index (χ1n) is 8.76. The number of nitrogens with one attached hydrogen (secondary N) is 1. The number of carboxylic acid groups (broad SMARTS) is 1. The molecule has 1 aliphatic heterocycles. The average Bonchev–Trinajstić information content (AvgIpc) is 2.47. The van der Waals surface area contributed by atoms with Gasteiger partial charge in [0.05, 0.1) is 0 Å². The molecular weight excluding hydrogens is 264 g/mol. The molecule has 21 heavy (non-hydrogen) atoms. The standard InChI is InChI=1S/C17H32N2O2/c1-3-18-17(2,16(20)21)10-6-11-19-12-9-14-7-4-5-8-15(14)13-19/h14-15,18H,3-13H2,1-2H3,(H,20,21). The predicted molar refractivity (Wildman–Crippen MR) is 85.5 cm³/mol. The van der Waals surface area contributed by atoms with Crippen LogP contribution in [0.25, 0.3) is 0 Å². The summed E-state index contributed by atoms with van der Waals surface area (Å²) in [6, 6.07) is 0. The van der Waals surface area contributed by atoms with Crippen LogP contribution in [0.15, 0.2) is 0 Å². The first-order valence-corrected chi connectivity index (χ1v) is 8.76. The molecule has 1 saturated heterocycles. The molecule has 0 spiro atoms. The van der Waals surface area contributed by atoms with Crippen LogP contribution in [0.2, 0.25) is 0 Å². The average molecular weight is 296 g/mol. The van der Waals surface area contributed by atoms with Crippen LogP contribution in [-0.4, -0.2) is 47.7 Å². The minimum Gasteiger partial charge on any atom is -0.480 e. The summed E-state index contributed by atoms with van der Waals surface area (Å²) in [7, 11) is 0. The van der Waals surface area contributed by atoms with E-state index in [1.165, 1.54) is 45.2 Å². The van der Waals surface area contributed by atoms with Gasteiger partial charge in [-0.3, -0.25) is 4.79 Å². The molecule has 1 aliphatic carbocycles. The number of aliphatic carboxylic acids is 1. The van der Waals surface area contributed by atoms with Crippen molar-refractivity contribution in [2.24, 2.45) is 11.8 Å². The Bertz CT molecular complexity index is 348. The smallest absolute Gasteiger partial charge is 0.323 e. The van der Waals surface area contributed by atoms with E-state index >= 15 is 0 Å². The summed E-state index contributed by atoms with van der Waals surface area (Å²) in [6.07, 6.45) is 8.72. The maximum Gasteiger partial charge on any atom is 0.323 e. The second-order valence-electron chi connectivity index (χ2n) is 7.17. The van der Waals surface area contributed by atoms with Gasteiger partial charge in [0.25, 0.3) is 0 Å². The minimum atomic E-state index is -0.766. The molecule has 2 aliphatic rings. The number of piperidine rings is 1. The van der Waals surface area contributed by atoms with Crippen LogP contribution in [0.5, 0.6) is 0 Å². The van der Waals surface area contributed by atoms with E-state index in [9.17, 15) is 9.90 Å². The van der Waals surface area contributed by atoms with E-state index < -0.39 is 11.5 Å². The van der Waals surface area contributed by atoms with Crippen LogP contribution in [-0.2, 0) is 4.79 Å². The van der Waals surface area contributed by atoms with Gasteiger partial charge in [-0.2, -0.15) is 0 Å². The maximum absolute atomic E-state index is 11.4. The van der Waals surface area contributed by atoms with Crippen molar-refractivity contribution >= 4 is 5.97 Å². The van der Waals surface area contributed by atoms with Gasteiger partial charge in [0, 0.05) is 6.54 Å². The van der Waals surface area contributed by atoms with Crippen LogP contribution < -0.4 is 5.32 Å². The van der Waals surface area contributed by atoms with E-state index in [0.717, 1.165) is 24.8 Å². The second kappa shape index (κ2) is 7.59. The Morgan fingerprint density at radius 3 is 2.67 bits per heavy atom. The zero-order valence-electron chi connectivity index (χ0n) is 13.7. The van der Waals surface area contributed by atoms with E-state index in [4.69, 9.17) is 0 Å². The van der Waals surface area contributed by atoms with Crippen molar-refractivity contribution in [3.63, 3.8) is 0 Å². The molecule has 0 aromatic rings. The summed E-state index contributed by atoms with van der Waals surface area (Å²) in [6.45, 7) is 8.00. The molecule has 0 amide bonds. The summed E-state index contributed by atoms with van der Waals surface area (Å²) in [5.41, 5.74) is -0.766. The third-order valence-electron chi connectivity index (χ3n) is 5.57. The molecule has 4 nitrogen and oxygen atoms in total. The number of carbonyl (C=O) groups is 1. The number of likely N-dealkylation sites (tertiary alicyclic amines) is 1. The summed E-state index contributed by atoms with van der Waals surface area (Å²) in [5.74, 6) is 1.16. The highest BCUT2D eigenvalue weighted by Gasteiger charge is 2.33. The predicted octanol–water partition coefficient (Wildman–Crippen LogP) is 2.73. The highest BCUT2D eigenvalue weighted by Crippen LogP contribution is 2.36. The minimum absolute atomic E-state index is 0.705. The summed E-state index contributed by atoms with van der Waals surface area (Å²) in [5, 5.41) is 12.5. The van der Waals surface area contributed by atoms with Gasteiger partial charge in [-0.1, -0.05) is 26.2 Å². The number of likely N-dealkylation sites (N-methyl/N-ethyl adjacent to an activating group) is 1. The van der Waals surface area contributed by atoms with E-state index in [1.54, 1.807) is 0 Å². The highest BCUT2D eigenvalue weighted by atomic mass is 16.4. The molecule has 2 fully saturated rings. The van der Waals surface area contributed by atoms with Crippen molar-refractivity contribution in [1.82, 2.24) is 10.2 Å². The number of nitrogens with zero attached hydrogens (tertiary/aromatic N) is 1. The van der Waals surface area contributed by atoms with Crippen molar-refractivity contribution in [2.75, 3.05) is 26.2 Å². The van der Waals surface area contributed by atoms with Gasteiger partial charge in [0.15, 0.2) is 0 Å². The molecule has 1 heterocycles. The Morgan fingerprint density at radius 2 is 2.00 bits per heavy atom. The molecule has 122 valence electrons. The summed E-state index contributed by atoms with van der Waals surface area (Å²) in [4.78, 5) is 14.0. The zero-order chi connectivity index (χ0) is 15.3. The van der Waals surface area contributed by atoms with Crippen LogP contribution in [0, 0.1) is 11.8 Å².